The van der Waals surface area contributed by atoms with Crippen molar-refractivity contribution in [3.05, 3.63) is 83.7 Å². The first-order valence-electron chi connectivity index (χ1n) is 14.3. The average molecular weight is 574 g/mol. The molecule has 0 unspecified atom stereocenters. The molecule has 0 amide bonds. The number of methoxy groups -OCH3 is 3. The highest BCUT2D eigenvalue weighted by atomic mass is 16.5. The maximum absolute atomic E-state index is 6.50. The third-order valence-electron chi connectivity index (χ3n) is 7.53. The lowest BCUT2D eigenvalue weighted by molar-refractivity contribution is 0.00965. The molecule has 9 nitrogen and oxygen atoms in total. The Balaban J connectivity index is 1.14. The van der Waals surface area contributed by atoms with Gasteiger partial charge in [0.15, 0.2) is 0 Å². The minimum absolute atomic E-state index is 0.0447. The van der Waals surface area contributed by atoms with E-state index in [1.54, 1.807) is 21.3 Å². The Morgan fingerprint density at radius 2 is 1.57 bits per heavy atom. The molecule has 2 atom stereocenters. The van der Waals surface area contributed by atoms with E-state index in [-0.39, 0.29) is 12.0 Å². The fourth-order valence-corrected chi connectivity index (χ4v) is 5.39. The van der Waals surface area contributed by atoms with Gasteiger partial charge in [0.05, 0.1) is 53.9 Å². The Labute approximate surface area is 247 Å². The molecule has 222 valence electrons. The Bertz CT molecular complexity index is 1430. The number of rotatable bonds is 14. The zero-order chi connectivity index (χ0) is 29.1. The Morgan fingerprint density at radius 1 is 0.810 bits per heavy atom. The van der Waals surface area contributed by atoms with Crippen LogP contribution in [0.25, 0.3) is 10.8 Å². The Kier molecular flexibility index (Phi) is 10.4. The van der Waals surface area contributed by atoms with Crippen LogP contribution in [-0.2, 0) is 22.7 Å². The second-order valence-corrected chi connectivity index (χ2v) is 10.1. The molecule has 1 saturated heterocycles. The van der Waals surface area contributed by atoms with Crippen LogP contribution in [0.2, 0.25) is 0 Å². The molecule has 42 heavy (non-hydrogen) atoms. The number of fused-ring (bicyclic) bond motifs is 1. The van der Waals surface area contributed by atoms with E-state index in [1.807, 2.05) is 67.0 Å². The predicted octanol–water partition coefficient (Wildman–Crippen LogP) is 5.30. The molecule has 5 rings (SSSR count). The van der Waals surface area contributed by atoms with E-state index in [2.05, 4.69) is 15.3 Å². The van der Waals surface area contributed by atoms with Crippen LogP contribution in [0.5, 0.6) is 23.3 Å². The molecule has 0 radical (unpaired) electrons. The zero-order valence-electron chi connectivity index (χ0n) is 24.5. The summed E-state index contributed by atoms with van der Waals surface area (Å²) in [6.45, 7) is 3.58. The van der Waals surface area contributed by atoms with Gasteiger partial charge >= 0.3 is 6.01 Å². The van der Waals surface area contributed by atoms with Gasteiger partial charge in [0, 0.05) is 53.2 Å². The summed E-state index contributed by atoms with van der Waals surface area (Å²) < 4.78 is 34.9. The van der Waals surface area contributed by atoms with Gasteiger partial charge in [-0.05, 0) is 30.7 Å². The molecule has 3 aromatic carbocycles. The van der Waals surface area contributed by atoms with Gasteiger partial charge in [-0.15, -0.1) is 0 Å². The molecule has 4 aromatic rings. The third-order valence-corrected chi connectivity index (χ3v) is 7.53. The summed E-state index contributed by atoms with van der Waals surface area (Å²) in [5, 5.41) is 5.47. The van der Waals surface area contributed by atoms with Crippen molar-refractivity contribution in [1.29, 1.82) is 0 Å². The molecule has 0 saturated carbocycles. The van der Waals surface area contributed by atoms with Crippen LogP contribution >= 0.6 is 0 Å². The van der Waals surface area contributed by atoms with Crippen molar-refractivity contribution < 1.29 is 28.4 Å². The highest BCUT2D eigenvalue weighted by molar-refractivity contribution is 5.94. The number of ether oxygens (including phenoxy) is 6. The number of hydrogen-bond donors (Lipinski definition) is 1. The first kappa shape index (κ1) is 29.6. The molecule has 1 fully saturated rings. The van der Waals surface area contributed by atoms with Crippen molar-refractivity contribution in [1.82, 2.24) is 15.3 Å². The van der Waals surface area contributed by atoms with E-state index in [4.69, 9.17) is 28.4 Å². The van der Waals surface area contributed by atoms with Crippen molar-refractivity contribution >= 4 is 10.8 Å². The zero-order valence-corrected chi connectivity index (χ0v) is 24.5. The molecule has 1 aliphatic heterocycles. The minimum Gasteiger partial charge on any atom is -0.496 e. The number of nitrogens with one attached hydrogen (secondary N) is 1. The minimum atomic E-state index is -0.0447. The standard InChI is InChI=1S/C33H39N3O6/c1-37-29-12-7-4-9-23(29)21-40-15-8-16-41-33-35-18-25(19-36-33)26-13-14-34-20-31(26)42-22-24-17-30(38-2)27-10-5-6-11-28(27)32(24)39-3/h4-7,9-12,17-19,26,31,34H,8,13-16,20-22H2,1-3H3/t26-,31+/m1/s1. The second-order valence-electron chi connectivity index (χ2n) is 10.1. The van der Waals surface area contributed by atoms with Gasteiger partial charge in [0.2, 0.25) is 0 Å². The molecule has 0 aliphatic carbocycles. The van der Waals surface area contributed by atoms with Gasteiger partial charge in [-0.1, -0.05) is 42.5 Å². The first-order valence-corrected chi connectivity index (χ1v) is 14.3. The summed E-state index contributed by atoms with van der Waals surface area (Å²) in [5.74, 6) is 2.60. The average Bonchev–Trinajstić information content (AvgIpc) is 3.05. The summed E-state index contributed by atoms with van der Waals surface area (Å²) in [6.07, 6.45) is 5.32. The van der Waals surface area contributed by atoms with E-state index in [9.17, 15) is 0 Å². The lowest BCUT2D eigenvalue weighted by Crippen LogP contribution is -2.41. The third kappa shape index (κ3) is 7.10. The number of aromatic nitrogens is 2. The van der Waals surface area contributed by atoms with Gasteiger partial charge in [0.25, 0.3) is 0 Å². The van der Waals surface area contributed by atoms with E-state index in [1.165, 1.54) is 0 Å². The normalized spacial score (nSPS) is 16.7. The van der Waals surface area contributed by atoms with Crippen LogP contribution < -0.4 is 24.3 Å². The molecular weight excluding hydrogens is 534 g/mol. The van der Waals surface area contributed by atoms with Gasteiger partial charge in [-0.3, -0.25) is 0 Å². The van der Waals surface area contributed by atoms with Gasteiger partial charge in [-0.2, -0.15) is 0 Å². The fraction of sp³-hybridized carbons (Fsp3) is 0.394. The van der Waals surface area contributed by atoms with Crippen molar-refractivity contribution in [2.45, 2.75) is 38.1 Å². The highest BCUT2D eigenvalue weighted by Gasteiger charge is 2.28. The topological polar surface area (TPSA) is 93.2 Å². The van der Waals surface area contributed by atoms with Gasteiger partial charge < -0.3 is 33.7 Å². The largest absolute Gasteiger partial charge is 0.496 e. The van der Waals surface area contributed by atoms with Crippen molar-refractivity contribution in [3.63, 3.8) is 0 Å². The summed E-state index contributed by atoms with van der Waals surface area (Å²) in [7, 11) is 5.04. The summed E-state index contributed by atoms with van der Waals surface area (Å²) >= 11 is 0. The number of piperidine rings is 1. The monoisotopic (exact) mass is 573 g/mol. The van der Waals surface area contributed by atoms with E-state index in [0.717, 1.165) is 70.6 Å². The van der Waals surface area contributed by atoms with E-state index < -0.39 is 0 Å². The summed E-state index contributed by atoms with van der Waals surface area (Å²) in [5.41, 5.74) is 3.01. The van der Waals surface area contributed by atoms with E-state index in [0.29, 0.717) is 32.4 Å². The summed E-state index contributed by atoms with van der Waals surface area (Å²) in [4.78, 5) is 8.95. The quantitative estimate of drug-likeness (QED) is 0.202. The van der Waals surface area contributed by atoms with Crippen molar-refractivity contribution in [2.24, 2.45) is 0 Å². The molecule has 1 aromatic heterocycles. The Hall–Kier alpha value is -3.92. The molecule has 1 N–H and O–H groups in total. The lowest BCUT2D eigenvalue weighted by Gasteiger charge is -2.32. The van der Waals surface area contributed by atoms with Crippen LogP contribution in [0.15, 0.2) is 67.0 Å². The molecule has 1 aliphatic rings. The molecule has 2 heterocycles. The molecule has 0 bridgehead atoms. The van der Waals surface area contributed by atoms with Crippen LogP contribution in [0, 0.1) is 0 Å². The molecule has 0 spiro atoms. The number of benzene rings is 3. The number of para-hydroxylation sites is 1. The first-order chi connectivity index (χ1) is 20.7. The predicted molar refractivity (Wildman–Crippen MR) is 161 cm³/mol. The fourth-order valence-electron chi connectivity index (χ4n) is 5.39. The van der Waals surface area contributed by atoms with Crippen LogP contribution in [-0.4, -0.2) is 63.7 Å². The maximum atomic E-state index is 6.50. The smallest absolute Gasteiger partial charge is 0.316 e. The highest BCUT2D eigenvalue weighted by Crippen LogP contribution is 2.38. The molecule has 9 heteroatoms. The van der Waals surface area contributed by atoms with Crippen molar-refractivity contribution in [2.75, 3.05) is 47.6 Å². The maximum Gasteiger partial charge on any atom is 0.316 e. The number of nitrogens with zero attached hydrogens (tertiary/aromatic N) is 2. The van der Waals surface area contributed by atoms with Crippen LogP contribution in [0.1, 0.15) is 35.4 Å². The molecular formula is C33H39N3O6. The van der Waals surface area contributed by atoms with Crippen LogP contribution in [0.3, 0.4) is 0 Å². The number of hydrogen-bond acceptors (Lipinski definition) is 9. The summed E-state index contributed by atoms with van der Waals surface area (Å²) in [6, 6.07) is 18.3. The van der Waals surface area contributed by atoms with E-state index >= 15 is 0 Å². The SMILES string of the molecule is COc1ccccc1COCCCOc1ncc([C@H]2CCNC[C@@H]2OCc2cc(OC)c3ccccc3c2OC)cn1. The van der Waals surface area contributed by atoms with Gasteiger partial charge in [0.1, 0.15) is 17.2 Å². The Morgan fingerprint density at radius 3 is 2.36 bits per heavy atom. The van der Waals surface area contributed by atoms with Gasteiger partial charge in [-0.25, -0.2) is 9.97 Å². The van der Waals surface area contributed by atoms with Crippen molar-refractivity contribution in [3.8, 4) is 23.3 Å². The van der Waals surface area contributed by atoms with Crippen LogP contribution in [0.4, 0.5) is 0 Å². The second kappa shape index (κ2) is 14.8. The lowest BCUT2D eigenvalue weighted by atomic mass is 9.89.